The van der Waals surface area contributed by atoms with E-state index in [0.29, 0.717) is 0 Å². The van der Waals surface area contributed by atoms with E-state index in [1.165, 1.54) is 0 Å². The normalized spacial score (nSPS) is 15.4. The fourth-order valence-corrected chi connectivity index (χ4v) is 5.13. The number of carbonyl (C=O) groups is 2. The first-order chi connectivity index (χ1) is 10.9. The molecule has 2 aromatic carbocycles. The molecule has 3 rings (SSSR count). The van der Waals surface area contributed by atoms with E-state index >= 15 is 0 Å². The van der Waals surface area contributed by atoms with Crippen molar-refractivity contribution in [3.8, 4) is 0 Å². The SMILES string of the molecule is CS(=O)(=O)N1CCN(C(=O)[Se]c2cccc3ccccc23)C1=O. The van der Waals surface area contributed by atoms with Crippen molar-refractivity contribution in [1.29, 1.82) is 0 Å². The molecule has 0 atom stereocenters. The molecule has 0 aromatic heterocycles. The number of hydrogen-bond donors (Lipinski definition) is 0. The fourth-order valence-electron chi connectivity index (χ4n) is 2.43. The molecule has 1 aliphatic heterocycles. The van der Waals surface area contributed by atoms with Crippen molar-refractivity contribution in [3.63, 3.8) is 0 Å². The molecule has 3 amide bonds. The third-order valence-corrected chi connectivity index (χ3v) is 6.72. The number of benzene rings is 2. The van der Waals surface area contributed by atoms with E-state index in [-0.39, 0.29) is 17.9 Å². The molecule has 6 nitrogen and oxygen atoms in total. The number of imide groups is 1. The zero-order chi connectivity index (χ0) is 16.6. The van der Waals surface area contributed by atoms with Gasteiger partial charge in [0, 0.05) is 0 Å². The van der Waals surface area contributed by atoms with Crippen LogP contribution in [-0.2, 0) is 10.0 Å². The van der Waals surface area contributed by atoms with Gasteiger partial charge in [-0.3, -0.25) is 0 Å². The minimum absolute atomic E-state index is 0.0228. The predicted molar refractivity (Wildman–Crippen MR) is 88.4 cm³/mol. The molecule has 0 spiro atoms. The Balaban J connectivity index is 1.84. The molecule has 1 aliphatic rings. The second-order valence-corrected chi connectivity index (χ2v) is 9.11. The number of urea groups is 1. The van der Waals surface area contributed by atoms with Crippen molar-refractivity contribution in [3.05, 3.63) is 42.5 Å². The Hall–Kier alpha value is -1.89. The molecule has 0 radical (unpaired) electrons. The molecule has 120 valence electrons. The summed E-state index contributed by atoms with van der Waals surface area (Å²) in [5, 5.41) is 2.01. The Kier molecular flexibility index (Phi) is 4.14. The van der Waals surface area contributed by atoms with Crippen molar-refractivity contribution in [2.75, 3.05) is 19.3 Å². The number of carbonyl (C=O) groups excluding carboxylic acids is 2. The molecule has 2 aromatic rings. The van der Waals surface area contributed by atoms with Crippen molar-refractivity contribution in [2.24, 2.45) is 0 Å². The summed E-state index contributed by atoms with van der Waals surface area (Å²) in [6, 6.07) is 12.7. The molecular weight excluding hydrogens is 383 g/mol. The molecule has 0 unspecified atom stereocenters. The summed E-state index contributed by atoms with van der Waals surface area (Å²) in [5.74, 6) is 0. The van der Waals surface area contributed by atoms with Crippen LogP contribution >= 0.6 is 0 Å². The van der Waals surface area contributed by atoms with Crippen LogP contribution in [0.3, 0.4) is 0 Å². The van der Waals surface area contributed by atoms with E-state index in [9.17, 15) is 18.0 Å². The molecule has 0 aliphatic carbocycles. The topological polar surface area (TPSA) is 74.8 Å². The molecule has 1 saturated heterocycles. The zero-order valence-electron chi connectivity index (χ0n) is 12.3. The first-order valence-corrected chi connectivity index (χ1v) is 10.4. The first-order valence-electron chi connectivity index (χ1n) is 6.87. The fraction of sp³-hybridized carbons (Fsp3) is 0.200. The summed E-state index contributed by atoms with van der Waals surface area (Å²) in [7, 11) is -3.63. The average Bonchev–Trinajstić information content (AvgIpc) is 2.89. The third kappa shape index (κ3) is 3.10. The molecule has 1 fully saturated rings. The van der Waals surface area contributed by atoms with Gasteiger partial charge in [-0.15, -0.1) is 0 Å². The Labute approximate surface area is 140 Å². The second kappa shape index (κ2) is 5.96. The van der Waals surface area contributed by atoms with Crippen LogP contribution < -0.4 is 4.46 Å². The van der Waals surface area contributed by atoms with Gasteiger partial charge in [-0.25, -0.2) is 0 Å². The van der Waals surface area contributed by atoms with Crippen molar-refractivity contribution in [1.82, 2.24) is 9.21 Å². The van der Waals surface area contributed by atoms with Crippen molar-refractivity contribution >= 4 is 51.1 Å². The Morgan fingerprint density at radius 3 is 2.48 bits per heavy atom. The Bertz CT molecular complexity index is 892. The van der Waals surface area contributed by atoms with Crippen molar-refractivity contribution in [2.45, 2.75) is 0 Å². The van der Waals surface area contributed by atoms with Crippen LogP contribution in [0.4, 0.5) is 9.59 Å². The van der Waals surface area contributed by atoms with Crippen LogP contribution in [0.25, 0.3) is 10.8 Å². The van der Waals surface area contributed by atoms with Crippen LogP contribution in [-0.4, -0.2) is 62.8 Å². The van der Waals surface area contributed by atoms with Gasteiger partial charge in [0.15, 0.2) is 0 Å². The number of fused-ring (bicyclic) bond motifs is 1. The molecule has 23 heavy (non-hydrogen) atoms. The summed E-state index contributed by atoms with van der Waals surface area (Å²) < 4.78 is 24.7. The van der Waals surface area contributed by atoms with Crippen LogP contribution in [0, 0.1) is 0 Å². The zero-order valence-corrected chi connectivity index (χ0v) is 14.8. The van der Waals surface area contributed by atoms with Gasteiger partial charge in [0.1, 0.15) is 0 Å². The van der Waals surface area contributed by atoms with Crippen LogP contribution in [0.15, 0.2) is 42.5 Å². The first kappa shape index (κ1) is 16.0. The van der Waals surface area contributed by atoms with Gasteiger partial charge >= 0.3 is 140 Å². The van der Waals surface area contributed by atoms with E-state index in [0.717, 1.165) is 30.7 Å². The van der Waals surface area contributed by atoms with Gasteiger partial charge < -0.3 is 0 Å². The van der Waals surface area contributed by atoms with Gasteiger partial charge in [0.2, 0.25) is 0 Å². The minimum atomic E-state index is -3.63. The summed E-state index contributed by atoms with van der Waals surface area (Å²) in [5.41, 5.74) is 0. The maximum atomic E-state index is 12.5. The second-order valence-electron chi connectivity index (χ2n) is 5.11. The molecule has 0 saturated carbocycles. The number of nitrogens with zero attached hydrogens (tertiary/aromatic N) is 2. The van der Waals surface area contributed by atoms with Crippen molar-refractivity contribution < 1.29 is 18.0 Å². The summed E-state index contributed by atoms with van der Waals surface area (Å²) in [6.07, 6.45) is 0.967. The van der Waals surface area contributed by atoms with E-state index in [1.54, 1.807) is 0 Å². The summed E-state index contributed by atoms with van der Waals surface area (Å²) in [6.45, 7) is 0.131. The van der Waals surface area contributed by atoms with Gasteiger partial charge in [-0.2, -0.15) is 0 Å². The molecule has 0 bridgehead atoms. The van der Waals surface area contributed by atoms with Gasteiger partial charge in [-0.05, 0) is 0 Å². The van der Waals surface area contributed by atoms with Gasteiger partial charge in [0.05, 0.1) is 0 Å². The Morgan fingerprint density at radius 2 is 1.78 bits per heavy atom. The number of sulfonamides is 1. The third-order valence-electron chi connectivity index (χ3n) is 3.54. The molecule has 8 heteroatoms. The Morgan fingerprint density at radius 1 is 1.09 bits per heavy atom. The van der Waals surface area contributed by atoms with Crippen LogP contribution in [0.5, 0.6) is 0 Å². The maximum absolute atomic E-state index is 12.5. The van der Waals surface area contributed by atoms with Crippen LogP contribution in [0.2, 0.25) is 0 Å². The summed E-state index contributed by atoms with van der Waals surface area (Å²) in [4.78, 5) is 25.3. The quantitative estimate of drug-likeness (QED) is 0.724. The van der Waals surface area contributed by atoms with E-state index in [4.69, 9.17) is 0 Å². The van der Waals surface area contributed by atoms with Gasteiger partial charge in [-0.1, -0.05) is 0 Å². The van der Waals surface area contributed by atoms with E-state index in [2.05, 4.69) is 0 Å². The predicted octanol–water partition coefficient (Wildman–Crippen LogP) is 0.987. The number of rotatable bonds is 3. The summed E-state index contributed by atoms with van der Waals surface area (Å²) >= 11 is -0.593. The monoisotopic (exact) mass is 398 g/mol. The number of amides is 3. The van der Waals surface area contributed by atoms with Gasteiger partial charge in [0.25, 0.3) is 0 Å². The molecular formula is C15H14N2O4SSe. The van der Waals surface area contributed by atoms with E-state index < -0.39 is 31.0 Å². The standard InChI is InChI=1S/C15H14N2O4SSe/c1-22(20,21)17-10-9-16(14(17)18)15(19)23-13-8-4-6-11-5-2-3-7-12(11)13/h2-8H,9-10H2,1H3. The average molecular weight is 397 g/mol. The molecule has 1 heterocycles. The van der Waals surface area contributed by atoms with Crippen LogP contribution in [0.1, 0.15) is 0 Å². The van der Waals surface area contributed by atoms with E-state index in [1.807, 2.05) is 42.5 Å². The molecule has 0 N–H and O–H groups in total. The number of hydrogen-bond acceptors (Lipinski definition) is 4.